The maximum Gasteiger partial charge on any atom is 0.434 e. The summed E-state index contributed by atoms with van der Waals surface area (Å²) in [5.41, 5.74) is 0.194. The minimum Gasteiger partial charge on any atom is -0.378 e. The zero-order valence-electron chi connectivity index (χ0n) is 17.4. The van der Waals surface area contributed by atoms with Gasteiger partial charge in [0, 0.05) is 31.4 Å². The van der Waals surface area contributed by atoms with Gasteiger partial charge >= 0.3 is 6.18 Å². The Morgan fingerprint density at radius 3 is 2.56 bits per heavy atom. The number of pyridine rings is 1. The summed E-state index contributed by atoms with van der Waals surface area (Å²) in [6.07, 6.45) is -2.17. The van der Waals surface area contributed by atoms with Crippen molar-refractivity contribution in [3.63, 3.8) is 0 Å². The van der Waals surface area contributed by atoms with Crippen molar-refractivity contribution in [3.05, 3.63) is 71.2 Å². The molecular weight excluding hydrogens is 423 g/mol. The monoisotopic (exact) mass is 445 g/mol. The van der Waals surface area contributed by atoms with Crippen LogP contribution in [0.5, 0.6) is 0 Å². The first-order valence-corrected chi connectivity index (χ1v) is 10.1. The van der Waals surface area contributed by atoms with Crippen molar-refractivity contribution >= 4 is 11.7 Å². The number of hydrogen-bond donors (Lipinski definition) is 1. The van der Waals surface area contributed by atoms with Crippen molar-refractivity contribution in [2.75, 3.05) is 31.2 Å². The van der Waals surface area contributed by atoms with E-state index in [4.69, 9.17) is 4.74 Å². The summed E-state index contributed by atoms with van der Waals surface area (Å²) >= 11 is 0. The number of anilines is 1. The minimum absolute atomic E-state index is 0.0341. The smallest absolute Gasteiger partial charge is 0.378 e. The summed E-state index contributed by atoms with van der Waals surface area (Å²) in [4.78, 5) is 19.2. The van der Waals surface area contributed by atoms with Crippen molar-refractivity contribution in [2.45, 2.75) is 19.6 Å². The molecule has 1 saturated heterocycles. The Labute approximate surface area is 182 Å². The molecule has 3 aromatic rings. The van der Waals surface area contributed by atoms with E-state index in [1.54, 1.807) is 30.5 Å². The third-order valence-corrected chi connectivity index (χ3v) is 5.18. The molecule has 168 valence electrons. The number of amides is 1. The van der Waals surface area contributed by atoms with Gasteiger partial charge in [-0.1, -0.05) is 23.8 Å². The molecule has 1 fully saturated rings. The second-order valence-corrected chi connectivity index (χ2v) is 7.42. The number of ether oxygens (including phenoxy) is 1. The molecule has 3 heterocycles. The minimum atomic E-state index is -4.76. The Bertz CT molecular complexity index is 1090. The quantitative estimate of drug-likeness (QED) is 0.652. The molecule has 0 bridgehead atoms. The number of nitrogens with zero attached hydrogens (tertiary/aromatic N) is 4. The first-order valence-electron chi connectivity index (χ1n) is 10.1. The van der Waals surface area contributed by atoms with Gasteiger partial charge in [0.15, 0.2) is 5.69 Å². The highest BCUT2D eigenvalue weighted by Gasteiger charge is 2.40. The van der Waals surface area contributed by atoms with Gasteiger partial charge in [-0.3, -0.25) is 4.79 Å². The van der Waals surface area contributed by atoms with E-state index in [0.29, 0.717) is 37.7 Å². The number of carbonyl (C=O) groups is 1. The van der Waals surface area contributed by atoms with Crippen LogP contribution in [0.25, 0.3) is 5.69 Å². The number of halogens is 3. The molecule has 0 unspecified atom stereocenters. The van der Waals surface area contributed by atoms with Crippen LogP contribution in [0.15, 0.2) is 48.8 Å². The highest BCUT2D eigenvalue weighted by molar-refractivity contribution is 5.95. The van der Waals surface area contributed by atoms with Gasteiger partial charge in [0.2, 0.25) is 0 Å². The van der Waals surface area contributed by atoms with Gasteiger partial charge in [0.25, 0.3) is 5.91 Å². The summed E-state index contributed by atoms with van der Waals surface area (Å²) < 4.78 is 47.7. The summed E-state index contributed by atoms with van der Waals surface area (Å²) in [6.45, 7) is 4.30. The highest BCUT2D eigenvalue weighted by Crippen LogP contribution is 2.33. The van der Waals surface area contributed by atoms with E-state index in [0.717, 1.165) is 16.4 Å². The van der Waals surface area contributed by atoms with Gasteiger partial charge in [-0.25, -0.2) is 9.67 Å². The molecule has 1 aliphatic rings. The second kappa shape index (κ2) is 8.99. The van der Waals surface area contributed by atoms with Crippen molar-refractivity contribution < 1.29 is 22.7 Å². The van der Waals surface area contributed by atoms with Crippen molar-refractivity contribution in [1.29, 1.82) is 0 Å². The van der Waals surface area contributed by atoms with Crippen LogP contribution in [0.4, 0.5) is 19.0 Å². The summed E-state index contributed by atoms with van der Waals surface area (Å²) in [7, 11) is 0. The number of hydrogen-bond acceptors (Lipinski definition) is 5. The largest absolute Gasteiger partial charge is 0.434 e. The van der Waals surface area contributed by atoms with E-state index in [-0.39, 0.29) is 12.2 Å². The standard InChI is InChI=1S/C22H22F3N5O2/c1-15-4-6-17(7-5-15)30-19(22(23,24)25)18(14-28-30)21(31)27-13-16-3-2-8-26-20(16)29-9-11-32-12-10-29/h2-8,14H,9-13H2,1H3,(H,27,31). The number of nitrogens with one attached hydrogen (secondary N) is 1. The highest BCUT2D eigenvalue weighted by atomic mass is 19.4. The number of alkyl halides is 3. The summed E-state index contributed by atoms with van der Waals surface area (Å²) in [5.74, 6) is -0.171. The van der Waals surface area contributed by atoms with E-state index in [1.807, 2.05) is 11.8 Å². The molecule has 0 radical (unpaired) electrons. The fourth-order valence-electron chi connectivity index (χ4n) is 3.57. The lowest BCUT2D eigenvalue weighted by Gasteiger charge is -2.29. The van der Waals surface area contributed by atoms with Gasteiger partial charge in [0.1, 0.15) is 5.82 Å². The van der Waals surface area contributed by atoms with Crippen LogP contribution in [-0.2, 0) is 17.5 Å². The normalized spacial score (nSPS) is 14.4. The third kappa shape index (κ3) is 4.59. The molecule has 1 N–H and O–H groups in total. The number of aromatic nitrogens is 3. The number of rotatable bonds is 5. The van der Waals surface area contributed by atoms with Gasteiger partial charge in [-0.15, -0.1) is 0 Å². The summed E-state index contributed by atoms with van der Waals surface area (Å²) in [5, 5.41) is 6.44. The summed E-state index contributed by atoms with van der Waals surface area (Å²) in [6, 6.07) is 9.95. The van der Waals surface area contributed by atoms with Crippen molar-refractivity contribution in [1.82, 2.24) is 20.1 Å². The van der Waals surface area contributed by atoms with Crippen LogP contribution in [0.2, 0.25) is 0 Å². The first kappa shape index (κ1) is 21.8. The number of carbonyl (C=O) groups excluding carboxylic acids is 1. The predicted octanol–water partition coefficient (Wildman–Crippen LogP) is 3.36. The van der Waals surface area contributed by atoms with Crippen molar-refractivity contribution in [2.24, 2.45) is 0 Å². The zero-order chi connectivity index (χ0) is 22.7. The van der Waals surface area contributed by atoms with E-state index < -0.39 is 23.3 Å². The van der Waals surface area contributed by atoms with Crippen LogP contribution >= 0.6 is 0 Å². The van der Waals surface area contributed by atoms with E-state index in [1.165, 1.54) is 12.1 Å². The van der Waals surface area contributed by atoms with E-state index in [9.17, 15) is 18.0 Å². The lowest BCUT2D eigenvalue weighted by Crippen LogP contribution is -2.38. The lowest BCUT2D eigenvalue weighted by atomic mass is 10.2. The molecule has 0 aliphatic carbocycles. The predicted molar refractivity (Wildman–Crippen MR) is 112 cm³/mol. The van der Waals surface area contributed by atoms with Gasteiger partial charge in [-0.05, 0) is 25.1 Å². The second-order valence-electron chi connectivity index (χ2n) is 7.42. The third-order valence-electron chi connectivity index (χ3n) is 5.18. The van der Waals surface area contributed by atoms with E-state index >= 15 is 0 Å². The average molecular weight is 445 g/mol. The molecule has 7 nitrogen and oxygen atoms in total. The topological polar surface area (TPSA) is 72.3 Å². The van der Waals surface area contributed by atoms with Crippen LogP contribution in [0.3, 0.4) is 0 Å². The first-order chi connectivity index (χ1) is 15.3. The molecule has 1 amide bonds. The Kier molecular flexibility index (Phi) is 6.13. The Hall–Kier alpha value is -3.40. The molecule has 1 aliphatic heterocycles. The fraction of sp³-hybridized carbons (Fsp3) is 0.318. The Morgan fingerprint density at radius 1 is 1.16 bits per heavy atom. The molecule has 2 aromatic heterocycles. The molecule has 32 heavy (non-hydrogen) atoms. The Balaban J connectivity index is 1.58. The fourth-order valence-corrected chi connectivity index (χ4v) is 3.57. The van der Waals surface area contributed by atoms with E-state index in [2.05, 4.69) is 15.4 Å². The molecule has 0 saturated carbocycles. The van der Waals surface area contributed by atoms with Crippen LogP contribution in [0.1, 0.15) is 27.2 Å². The number of morpholine rings is 1. The van der Waals surface area contributed by atoms with Gasteiger partial charge in [0.05, 0.1) is 30.7 Å². The molecule has 4 rings (SSSR count). The average Bonchev–Trinajstić information content (AvgIpc) is 3.25. The lowest BCUT2D eigenvalue weighted by molar-refractivity contribution is -0.143. The zero-order valence-corrected chi connectivity index (χ0v) is 17.4. The Morgan fingerprint density at radius 2 is 1.88 bits per heavy atom. The maximum atomic E-state index is 13.9. The van der Waals surface area contributed by atoms with Crippen LogP contribution < -0.4 is 10.2 Å². The number of aryl methyl sites for hydroxylation is 1. The maximum absolute atomic E-state index is 13.9. The van der Waals surface area contributed by atoms with Gasteiger partial charge < -0.3 is 15.0 Å². The molecule has 1 aromatic carbocycles. The molecule has 0 spiro atoms. The van der Waals surface area contributed by atoms with Crippen molar-refractivity contribution in [3.8, 4) is 5.69 Å². The number of benzene rings is 1. The SMILES string of the molecule is Cc1ccc(-n2ncc(C(=O)NCc3cccnc3N3CCOCC3)c2C(F)(F)F)cc1. The van der Waals surface area contributed by atoms with Crippen LogP contribution in [0, 0.1) is 6.92 Å². The molecule has 10 heteroatoms. The molecular formula is C22H22F3N5O2. The molecule has 0 atom stereocenters. The van der Waals surface area contributed by atoms with Gasteiger partial charge in [-0.2, -0.15) is 18.3 Å². The van der Waals surface area contributed by atoms with Crippen LogP contribution in [-0.4, -0.2) is 47.0 Å².